The molecule has 1 aliphatic carbocycles. The van der Waals surface area contributed by atoms with Gasteiger partial charge in [-0.3, -0.25) is 4.79 Å². The Kier molecular flexibility index (Phi) is 5.63. The van der Waals surface area contributed by atoms with E-state index in [9.17, 15) is 4.79 Å². The van der Waals surface area contributed by atoms with Gasteiger partial charge in [0.2, 0.25) is 5.91 Å². The first-order chi connectivity index (χ1) is 12.7. The van der Waals surface area contributed by atoms with E-state index in [-0.39, 0.29) is 12.0 Å². The highest BCUT2D eigenvalue weighted by molar-refractivity contribution is 5.81. The average molecular weight is 355 g/mol. The highest BCUT2D eigenvalue weighted by Crippen LogP contribution is 2.38. The largest absolute Gasteiger partial charge is 0.338 e. The topological polar surface area (TPSA) is 23.6 Å². The summed E-state index contributed by atoms with van der Waals surface area (Å²) in [5, 5.41) is 0. The van der Waals surface area contributed by atoms with Crippen LogP contribution >= 0.6 is 0 Å². The Morgan fingerprint density at radius 3 is 2.19 bits per heavy atom. The number of benzene rings is 1. The Morgan fingerprint density at radius 1 is 0.885 bits per heavy atom. The van der Waals surface area contributed by atoms with Crippen LogP contribution < -0.4 is 0 Å². The molecule has 3 nitrogen and oxygen atoms in total. The van der Waals surface area contributed by atoms with E-state index in [0.29, 0.717) is 5.91 Å². The predicted octanol–water partition coefficient (Wildman–Crippen LogP) is 4.74. The molecule has 1 saturated carbocycles. The maximum Gasteiger partial charge on any atom is 0.227 e. The number of likely N-dealkylation sites (tertiary alicyclic amines) is 2. The molecule has 3 aliphatic rings. The van der Waals surface area contributed by atoms with Crippen molar-refractivity contribution in [2.45, 2.75) is 69.7 Å². The van der Waals surface area contributed by atoms with Gasteiger partial charge in [0.05, 0.1) is 12.0 Å². The summed E-state index contributed by atoms with van der Waals surface area (Å²) in [6.07, 6.45) is 11.8. The molecule has 0 unspecified atom stereocenters. The van der Waals surface area contributed by atoms with Gasteiger partial charge in [0.25, 0.3) is 0 Å². The fraction of sp³-hybridized carbons (Fsp3) is 0.696. The lowest BCUT2D eigenvalue weighted by Crippen LogP contribution is -2.36. The van der Waals surface area contributed by atoms with Crippen molar-refractivity contribution in [2.24, 2.45) is 5.92 Å². The number of hydrogen-bond acceptors (Lipinski definition) is 2. The van der Waals surface area contributed by atoms with Crippen molar-refractivity contribution in [1.29, 1.82) is 0 Å². The molecular weight excluding hydrogens is 320 g/mol. The van der Waals surface area contributed by atoms with Crippen molar-refractivity contribution in [1.82, 2.24) is 9.80 Å². The van der Waals surface area contributed by atoms with E-state index in [1.807, 2.05) is 11.9 Å². The van der Waals surface area contributed by atoms with Crippen LogP contribution in [0.1, 0.15) is 80.9 Å². The molecule has 3 fully saturated rings. The third kappa shape index (κ3) is 3.83. The number of rotatable bonds is 4. The minimum Gasteiger partial charge on any atom is -0.338 e. The van der Waals surface area contributed by atoms with Crippen molar-refractivity contribution in [3.05, 3.63) is 35.4 Å². The highest BCUT2D eigenvalue weighted by atomic mass is 16.2. The summed E-state index contributed by atoms with van der Waals surface area (Å²) in [4.78, 5) is 17.3. The van der Waals surface area contributed by atoms with E-state index in [0.717, 1.165) is 18.9 Å². The predicted molar refractivity (Wildman–Crippen MR) is 106 cm³/mol. The van der Waals surface area contributed by atoms with Crippen molar-refractivity contribution >= 4 is 5.91 Å². The quantitative estimate of drug-likeness (QED) is 0.780. The van der Waals surface area contributed by atoms with Crippen LogP contribution in [0.15, 0.2) is 24.3 Å². The Morgan fingerprint density at radius 2 is 1.50 bits per heavy atom. The number of carbonyl (C=O) groups is 1. The summed E-state index contributed by atoms with van der Waals surface area (Å²) in [6, 6.07) is 9.52. The lowest BCUT2D eigenvalue weighted by molar-refractivity contribution is -0.131. The standard InChI is InChI=1S/C23H34N2O/c1-24-22(16-21(23(24)26)17-25-14-6-3-7-15-25)20-12-10-19(11-13-20)18-8-4-2-5-9-18/h10-13,18,21-22H,2-9,14-17H2,1H3/t21-,22+/m1/s1. The van der Waals surface area contributed by atoms with E-state index in [1.54, 1.807) is 0 Å². The van der Waals surface area contributed by atoms with E-state index in [1.165, 1.54) is 75.6 Å². The summed E-state index contributed by atoms with van der Waals surface area (Å²) in [7, 11) is 2.00. The number of piperidine rings is 1. The smallest absolute Gasteiger partial charge is 0.227 e. The van der Waals surface area contributed by atoms with Crippen molar-refractivity contribution < 1.29 is 4.79 Å². The van der Waals surface area contributed by atoms with Crippen LogP contribution in [0.5, 0.6) is 0 Å². The maximum absolute atomic E-state index is 12.8. The maximum atomic E-state index is 12.8. The highest BCUT2D eigenvalue weighted by Gasteiger charge is 2.38. The third-order valence-corrected chi connectivity index (χ3v) is 7.00. The Labute approximate surface area is 158 Å². The normalized spacial score (nSPS) is 28.7. The lowest BCUT2D eigenvalue weighted by atomic mass is 9.83. The van der Waals surface area contributed by atoms with Gasteiger partial charge in [-0.2, -0.15) is 0 Å². The Hall–Kier alpha value is -1.35. The van der Waals surface area contributed by atoms with Gasteiger partial charge in [-0.25, -0.2) is 0 Å². The van der Waals surface area contributed by atoms with E-state index in [2.05, 4.69) is 29.2 Å². The molecular formula is C23H34N2O. The molecule has 0 radical (unpaired) electrons. The van der Waals surface area contributed by atoms with E-state index in [4.69, 9.17) is 0 Å². The van der Waals surface area contributed by atoms with Gasteiger partial charge in [0.1, 0.15) is 0 Å². The Balaban J connectivity index is 1.41. The first-order valence-corrected chi connectivity index (χ1v) is 10.8. The zero-order valence-corrected chi connectivity index (χ0v) is 16.3. The fourth-order valence-corrected chi connectivity index (χ4v) is 5.36. The molecule has 0 bridgehead atoms. The molecule has 1 aromatic carbocycles. The first-order valence-electron chi connectivity index (χ1n) is 10.8. The average Bonchev–Trinajstić information content (AvgIpc) is 2.98. The minimum absolute atomic E-state index is 0.182. The molecule has 4 rings (SSSR count). The number of nitrogens with zero attached hydrogens (tertiary/aromatic N) is 2. The lowest BCUT2D eigenvalue weighted by Gasteiger charge is -2.28. The van der Waals surface area contributed by atoms with E-state index >= 15 is 0 Å². The van der Waals surface area contributed by atoms with Gasteiger partial charge in [0.15, 0.2) is 0 Å². The molecule has 2 saturated heterocycles. The van der Waals surface area contributed by atoms with Crippen LogP contribution in [0.2, 0.25) is 0 Å². The van der Waals surface area contributed by atoms with Crippen LogP contribution in [-0.2, 0) is 4.79 Å². The molecule has 2 atom stereocenters. The molecule has 2 heterocycles. The summed E-state index contributed by atoms with van der Waals surface area (Å²) in [6.45, 7) is 3.31. The van der Waals surface area contributed by atoms with E-state index < -0.39 is 0 Å². The molecule has 1 amide bonds. The number of carbonyl (C=O) groups excluding carboxylic acids is 1. The van der Waals surface area contributed by atoms with Gasteiger partial charge >= 0.3 is 0 Å². The van der Waals surface area contributed by atoms with Crippen molar-refractivity contribution in [3.63, 3.8) is 0 Å². The molecule has 26 heavy (non-hydrogen) atoms. The van der Waals surface area contributed by atoms with Crippen LogP contribution in [0, 0.1) is 5.92 Å². The fourth-order valence-electron chi connectivity index (χ4n) is 5.36. The monoisotopic (exact) mass is 354 g/mol. The SMILES string of the molecule is CN1C(=O)[C@@H](CN2CCCCC2)C[C@H]1c1ccc(C2CCCCC2)cc1. The number of hydrogen-bond donors (Lipinski definition) is 0. The second-order valence-electron chi connectivity index (χ2n) is 8.76. The van der Waals surface area contributed by atoms with Gasteiger partial charge in [-0.15, -0.1) is 0 Å². The summed E-state index contributed by atoms with van der Waals surface area (Å²) < 4.78 is 0. The second-order valence-corrected chi connectivity index (χ2v) is 8.76. The molecule has 0 spiro atoms. The molecule has 3 heteroatoms. The second kappa shape index (κ2) is 8.12. The summed E-state index contributed by atoms with van der Waals surface area (Å²) >= 11 is 0. The zero-order chi connectivity index (χ0) is 17.9. The van der Waals surface area contributed by atoms with Crippen LogP contribution in [0.3, 0.4) is 0 Å². The molecule has 1 aromatic rings. The minimum atomic E-state index is 0.182. The third-order valence-electron chi connectivity index (χ3n) is 7.00. The Bertz CT molecular complexity index is 599. The van der Waals surface area contributed by atoms with Gasteiger partial charge < -0.3 is 9.80 Å². The van der Waals surface area contributed by atoms with Gasteiger partial charge in [-0.05, 0) is 62.2 Å². The van der Waals surface area contributed by atoms with Gasteiger partial charge in [0, 0.05) is 13.6 Å². The van der Waals surface area contributed by atoms with Crippen molar-refractivity contribution in [2.75, 3.05) is 26.7 Å². The molecule has 2 aliphatic heterocycles. The summed E-state index contributed by atoms with van der Waals surface area (Å²) in [5.41, 5.74) is 2.83. The summed E-state index contributed by atoms with van der Waals surface area (Å²) in [5.74, 6) is 1.28. The van der Waals surface area contributed by atoms with Crippen LogP contribution in [-0.4, -0.2) is 42.4 Å². The first kappa shape index (κ1) is 18.0. The zero-order valence-electron chi connectivity index (χ0n) is 16.3. The molecule has 142 valence electrons. The molecule has 0 N–H and O–H groups in total. The number of amides is 1. The van der Waals surface area contributed by atoms with Crippen molar-refractivity contribution in [3.8, 4) is 0 Å². The van der Waals surface area contributed by atoms with Crippen LogP contribution in [0.4, 0.5) is 0 Å². The van der Waals surface area contributed by atoms with Crippen LogP contribution in [0.25, 0.3) is 0 Å². The van der Waals surface area contributed by atoms with Gasteiger partial charge in [-0.1, -0.05) is 49.9 Å². The molecule has 0 aromatic heterocycles.